The summed E-state index contributed by atoms with van der Waals surface area (Å²) in [6, 6.07) is 11.9. The molecule has 1 atom stereocenters. The summed E-state index contributed by atoms with van der Waals surface area (Å²) >= 11 is 18.8. The Hall–Kier alpha value is -1.75. The zero-order chi connectivity index (χ0) is 22.4. The van der Waals surface area contributed by atoms with Gasteiger partial charge >= 0.3 is 0 Å². The summed E-state index contributed by atoms with van der Waals surface area (Å²) in [6.07, 6.45) is 5.52. The Morgan fingerprint density at radius 2 is 1.68 bits per heavy atom. The molecule has 7 heteroatoms. The van der Waals surface area contributed by atoms with Gasteiger partial charge < -0.3 is 10.2 Å². The minimum atomic E-state index is -0.666. The molecule has 1 aliphatic rings. The molecule has 166 valence electrons. The van der Waals surface area contributed by atoms with Crippen LogP contribution in [0.5, 0.6) is 0 Å². The lowest BCUT2D eigenvalue weighted by molar-refractivity contribution is -0.140. The van der Waals surface area contributed by atoms with Gasteiger partial charge in [-0.3, -0.25) is 9.59 Å². The van der Waals surface area contributed by atoms with Crippen LogP contribution in [0.25, 0.3) is 0 Å². The van der Waals surface area contributed by atoms with Crippen LogP contribution in [0.3, 0.4) is 0 Å². The van der Waals surface area contributed by atoms with Crippen molar-refractivity contribution in [3.8, 4) is 0 Å². The molecule has 0 radical (unpaired) electrons. The molecule has 31 heavy (non-hydrogen) atoms. The molecule has 0 aromatic heterocycles. The van der Waals surface area contributed by atoms with Gasteiger partial charge in [0.2, 0.25) is 11.8 Å². The van der Waals surface area contributed by atoms with Crippen LogP contribution in [-0.2, 0) is 22.6 Å². The van der Waals surface area contributed by atoms with Crippen LogP contribution in [-0.4, -0.2) is 28.8 Å². The smallest absolute Gasteiger partial charge is 0.242 e. The number of amides is 2. The molecule has 0 bridgehead atoms. The maximum absolute atomic E-state index is 13.3. The zero-order valence-electron chi connectivity index (χ0n) is 17.5. The highest BCUT2D eigenvalue weighted by molar-refractivity contribution is 6.36. The Kier molecular flexibility index (Phi) is 8.65. The second-order valence-electron chi connectivity index (χ2n) is 8.05. The van der Waals surface area contributed by atoms with E-state index >= 15 is 0 Å². The lowest BCUT2D eigenvalue weighted by Gasteiger charge is -2.31. The lowest BCUT2D eigenvalue weighted by Crippen LogP contribution is -2.50. The van der Waals surface area contributed by atoms with E-state index in [4.69, 9.17) is 34.8 Å². The number of nitrogens with one attached hydrogen (secondary N) is 1. The van der Waals surface area contributed by atoms with Gasteiger partial charge in [0.05, 0.1) is 6.42 Å². The summed E-state index contributed by atoms with van der Waals surface area (Å²) in [5.74, 6) is -0.348. The van der Waals surface area contributed by atoms with Crippen LogP contribution in [0.15, 0.2) is 42.5 Å². The van der Waals surface area contributed by atoms with Crippen LogP contribution < -0.4 is 5.32 Å². The van der Waals surface area contributed by atoms with Crippen LogP contribution in [0, 0.1) is 0 Å². The molecule has 3 rings (SSSR count). The molecule has 0 unspecified atom stereocenters. The third-order valence-electron chi connectivity index (χ3n) is 5.75. The van der Waals surface area contributed by atoms with Gasteiger partial charge in [0.25, 0.3) is 0 Å². The normalized spacial score (nSPS) is 15.4. The van der Waals surface area contributed by atoms with E-state index in [-0.39, 0.29) is 30.8 Å². The van der Waals surface area contributed by atoms with Crippen LogP contribution in [0.4, 0.5) is 0 Å². The number of carbonyl (C=O) groups is 2. The molecule has 2 aromatic rings. The molecule has 0 saturated heterocycles. The Balaban J connectivity index is 1.81. The fraction of sp³-hybridized carbons (Fsp3) is 0.417. The average Bonchev–Trinajstić information content (AvgIpc) is 2.74. The first-order valence-corrected chi connectivity index (χ1v) is 11.8. The van der Waals surface area contributed by atoms with Gasteiger partial charge in [-0.1, -0.05) is 72.3 Å². The van der Waals surface area contributed by atoms with Crippen molar-refractivity contribution < 1.29 is 9.59 Å². The molecule has 2 amide bonds. The molecule has 0 heterocycles. The van der Waals surface area contributed by atoms with E-state index in [1.54, 1.807) is 48.2 Å². The number of carbonyl (C=O) groups excluding carboxylic acids is 2. The van der Waals surface area contributed by atoms with Crippen molar-refractivity contribution in [1.82, 2.24) is 10.2 Å². The summed E-state index contributed by atoms with van der Waals surface area (Å²) in [4.78, 5) is 27.9. The fourth-order valence-electron chi connectivity index (χ4n) is 3.93. The maximum atomic E-state index is 13.3. The molecule has 2 aromatic carbocycles. The molecule has 4 nitrogen and oxygen atoms in total. The van der Waals surface area contributed by atoms with Crippen molar-refractivity contribution in [2.75, 3.05) is 0 Å². The number of hydrogen-bond donors (Lipinski definition) is 1. The van der Waals surface area contributed by atoms with Gasteiger partial charge in [-0.2, -0.15) is 0 Å². The van der Waals surface area contributed by atoms with Gasteiger partial charge in [0.15, 0.2) is 0 Å². The first kappa shape index (κ1) is 23.9. The molecular weight excluding hydrogens is 455 g/mol. The molecule has 1 N–H and O–H groups in total. The molecular formula is C24H27Cl3N2O2. The Morgan fingerprint density at radius 1 is 1.03 bits per heavy atom. The average molecular weight is 482 g/mol. The quantitative estimate of drug-likeness (QED) is 0.523. The van der Waals surface area contributed by atoms with Crippen molar-refractivity contribution in [2.24, 2.45) is 0 Å². The highest BCUT2D eigenvalue weighted by Crippen LogP contribution is 2.27. The zero-order valence-corrected chi connectivity index (χ0v) is 19.8. The largest absolute Gasteiger partial charge is 0.352 e. The number of benzene rings is 2. The van der Waals surface area contributed by atoms with Crippen molar-refractivity contribution in [3.05, 3.63) is 68.7 Å². The predicted octanol–water partition coefficient (Wildman–Crippen LogP) is 6.06. The predicted molar refractivity (Wildman–Crippen MR) is 127 cm³/mol. The van der Waals surface area contributed by atoms with E-state index in [0.29, 0.717) is 20.6 Å². The molecule has 1 saturated carbocycles. The van der Waals surface area contributed by atoms with Crippen LogP contribution >= 0.6 is 34.8 Å². The van der Waals surface area contributed by atoms with E-state index in [9.17, 15) is 9.59 Å². The summed E-state index contributed by atoms with van der Waals surface area (Å²) in [5, 5.41) is 4.62. The summed E-state index contributed by atoms with van der Waals surface area (Å²) < 4.78 is 0. The molecule has 1 aliphatic carbocycles. The van der Waals surface area contributed by atoms with E-state index in [1.165, 1.54) is 6.42 Å². The monoisotopic (exact) mass is 480 g/mol. The number of hydrogen-bond acceptors (Lipinski definition) is 2. The van der Waals surface area contributed by atoms with Crippen molar-refractivity contribution >= 4 is 46.6 Å². The second kappa shape index (κ2) is 11.2. The van der Waals surface area contributed by atoms with Crippen molar-refractivity contribution in [2.45, 2.75) is 64.1 Å². The van der Waals surface area contributed by atoms with E-state index < -0.39 is 6.04 Å². The second-order valence-corrected chi connectivity index (χ2v) is 9.30. The third-order valence-corrected chi connectivity index (χ3v) is 6.70. The van der Waals surface area contributed by atoms with Crippen LogP contribution in [0.2, 0.25) is 15.1 Å². The molecule has 0 aliphatic heterocycles. The third kappa shape index (κ3) is 6.61. The van der Waals surface area contributed by atoms with Crippen LogP contribution in [0.1, 0.15) is 50.2 Å². The van der Waals surface area contributed by atoms with E-state index in [0.717, 1.165) is 31.2 Å². The minimum absolute atomic E-state index is 0.129. The van der Waals surface area contributed by atoms with E-state index in [1.807, 2.05) is 6.07 Å². The van der Waals surface area contributed by atoms with Gasteiger partial charge in [0, 0.05) is 33.2 Å². The molecule has 1 fully saturated rings. The number of halogens is 3. The van der Waals surface area contributed by atoms with Gasteiger partial charge in [-0.15, -0.1) is 0 Å². The van der Waals surface area contributed by atoms with Gasteiger partial charge in [0.1, 0.15) is 6.04 Å². The first-order valence-electron chi connectivity index (χ1n) is 10.6. The van der Waals surface area contributed by atoms with Crippen molar-refractivity contribution in [1.29, 1.82) is 0 Å². The number of nitrogens with zero attached hydrogens (tertiary/aromatic N) is 1. The lowest BCUT2D eigenvalue weighted by atomic mass is 9.95. The Labute approximate surface area is 198 Å². The fourth-order valence-corrected chi connectivity index (χ4v) is 4.66. The highest BCUT2D eigenvalue weighted by atomic mass is 35.5. The maximum Gasteiger partial charge on any atom is 0.242 e. The van der Waals surface area contributed by atoms with Gasteiger partial charge in [-0.05, 0) is 49.6 Å². The SMILES string of the molecule is C[C@H](C(=O)NC1CCCCC1)N(Cc1c(Cl)cccc1Cl)C(=O)Cc1cccc(Cl)c1. The van der Waals surface area contributed by atoms with E-state index in [2.05, 4.69) is 5.32 Å². The highest BCUT2D eigenvalue weighted by Gasteiger charge is 2.29. The Bertz CT molecular complexity index is 909. The van der Waals surface area contributed by atoms with Gasteiger partial charge in [-0.25, -0.2) is 0 Å². The minimum Gasteiger partial charge on any atom is -0.352 e. The number of rotatable bonds is 7. The summed E-state index contributed by atoms with van der Waals surface area (Å²) in [6.45, 7) is 1.90. The first-order chi connectivity index (χ1) is 14.8. The summed E-state index contributed by atoms with van der Waals surface area (Å²) in [7, 11) is 0. The Morgan fingerprint density at radius 3 is 2.32 bits per heavy atom. The molecule has 0 spiro atoms. The van der Waals surface area contributed by atoms with Crippen molar-refractivity contribution in [3.63, 3.8) is 0 Å². The standard InChI is InChI=1S/C24H27Cl3N2O2/c1-16(24(31)28-19-9-3-2-4-10-19)29(15-20-21(26)11-6-12-22(20)27)23(30)14-17-7-5-8-18(25)13-17/h5-8,11-13,16,19H,2-4,9-10,14-15H2,1H3,(H,28,31)/t16-/m1/s1. The topological polar surface area (TPSA) is 49.4 Å². The summed E-state index contributed by atoms with van der Waals surface area (Å²) in [5.41, 5.74) is 1.41.